The minimum absolute atomic E-state index is 0.0318. The van der Waals surface area contributed by atoms with Gasteiger partial charge in [-0.3, -0.25) is 4.98 Å². The van der Waals surface area contributed by atoms with Crippen LogP contribution < -0.4 is 0 Å². The van der Waals surface area contributed by atoms with Crippen molar-refractivity contribution in [1.82, 2.24) is 4.98 Å². The van der Waals surface area contributed by atoms with Gasteiger partial charge in [0, 0.05) is 27.3 Å². The molecule has 0 radical (unpaired) electrons. The lowest BCUT2D eigenvalue weighted by atomic mass is 10.1. The molecule has 0 aliphatic heterocycles. The SMILES string of the molecule is Cc1ncc(Br)c(C(F)F)c1CBr. The average molecular weight is 315 g/mol. The molecule has 13 heavy (non-hydrogen) atoms. The summed E-state index contributed by atoms with van der Waals surface area (Å²) < 4.78 is 25.5. The fourth-order valence-electron chi connectivity index (χ4n) is 1.04. The van der Waals surface area contributed by atoms with E-state index >= 15 is 0 Å². The zero-order chi connectivity index (χ0) is 10.0. The molecule has 0 unspecified atom stereocenters. The van der Waals surface area contributed by atoms with Gasteiger partial charge >= 0.3 is 0 Å². The minimum atomic E-state index is -2.47. The maximum absolute atomic E-state index is 12.6. The summed E-state index contributed by atoms with van der Waals surface area (Å²) in [5.74, 6) is 0. The van der Waals surface area contributed by atoms with Crippen molar-refractivity contribution in [2.45, 2.75) is 18.7 Å². The van der Waals surface area contributed by atoms with E-state index in [0.29, 0.717) is 21.1 Å². The second-order valence-corrected chi connectivity index (χ2v) is 3.93. The normalized spacial score (nSPS) is 10.9. The number of aryl methyl sites for hydroxylation is 1. The van der Waals surface area contributed by atoms with Gasteiger partial charge in [-0.15, -0.1) is 0 Å². The van der Waals surface area contributed by atoms with Crippen LogP contribution in [-0.2, 0) is 5.33 Å². The number of halogens is 4. The number of nitrogens with zero attached hydrogens (tertiary/aromatic N) is 1. The zero-order valence-corrected chi connectivity index (χ0v) is 9.99. The van der Waals surface area contributed by atoms with Crippen molar-refractivity contribution in [3.05, 3.63) is 27.5 Å². The van der Waals surface area contributed by atoms with Crippen LogP contribution >= 0.6 is 31.9 Å². The van der Waals surface area contributed by atoms with Gasteiger partial charge in [0.15, 0.2) is 0 Å². The van der Waals surface area contributed by atoms with E-state index in [2.05, 4.69) is 36.8 Å². The number of pyridine rings is 1. The molecule has 0 N–H and O–H groups in total. The average Bonchev–Trinajstić information content (AvgIpc) is 2.07. The standard InChI is InChI=1S/C8H7Br2F2N/c1-4-5(2-9)7(8(11)12)6(10)3-13-4/h3,8H,2H2,1H3. The molecule has 1 heterocycles. The molecule has 1 nitrogen and oxygen atoms in total. The minimum Gasteiger partial charge on any atom is -0.260 e. The van der Waals surface area contributed by atoms with E-state index in [0.717, 1.165) is 0 Å². The highest BCUT2D eigenvalue weighted by Gasteiger charge is 2.18. The Hall–Kier alpha value is -0.0300. The van der Waals surface area contributed by atoms with Gasteiger partial charge in [-0.05, 0) is 28.4 Å². The predicted octanol–water partition coefficient (Wildman–Crippen LogP) is 3.99. The molecular weight excluding hydrogens is 308 g/mol. The molecule has 1 rings (SSSR count). The molecule has 5 heteroatoms. The molecule has 1 aromatic rings. The second-order valence-electron chi connectivity index (χ2n) is 2.52. The molecule has 0 fully saturated rings. The first-order valence-electron chi connectivity index (χ1n) is 3.56. The molecule has 0 spiro atoms. The molecule has 0 aromatic carbocycles. The number of alkyl halides is 3. The van der Waals surface area contributed by atoms with Gasteiger partial charge in [0.25, 0.3) is 6.43 Å². The summed E-state index contributed by atoms with van der Waals surface area (Å²) in [6.07, 6.45) is -1.06. The van der Waals surface area contributed by atoms with Crippen molar-refractivity contribution in [3.63, 3.8) is 0 Å². The maximum Gasteiger partial charge on any atom is 0.265 e. The largest absolute Gasteiger partial charge is 0.265 e. The predicted molar refractivity (Wildman–Crippen MR) is 54.3 cm³/mol. The summed E-state index contributed by atoms with van der Waals surface area (Å²) in [6.45, 7) is 1.72. The molecule has 72 valence electrons. The van der Waals surface area contributed by atoms with Crippen molar-refractivity contribution in [2.24, 2.45) is 0 Å². The molecule has 0 saturated carbocycles. The van der Waals surface area contributed by atoms with Gasteiger partial charge in [0.05, 0.1) is 0 Å². The third-order valence-electron chi connectivity index (χ3n) is 1.74. The van der Waals surface area contributed by atoms with E-state index in [9.17, 15) is 8.78 Å². The fourth-order valence-corrected chi connectivity index (χ4v) is 2.27. The Morgan fingerprint density at radius 2 is 2.15 bits per heavy atom. The molecule has 0 amide bonds. The number of hydrogen-bond acceptors (Lipinski definition) is 1. The molecular formula is C8H7Br2F2N. The summed E-state index contributed by atoms with van der Waals surface area (Å²) in [6, 6.07) is 0. The first-order chi connectivity index (χ1) is 6.07. The van der Waals surface area contributed by atoms with E-state index < -0.39 is 6.43 Å². The first kappa shape index (κ1) is 11.0. The Labute approximate surface area is 91.8 Å². The topological polar surface area (TPSA) is 12.9 Å². The van der Waals surface area contributed by atoms with E-state index in [1.54, 1.807) is 6.92 Å². The Kier molecular flexibility index (Phi) is 3.79. The number of rotatable bonds is 2. The van der Waals surface area contributed by atoms with Crippen molar-refractivity contribution < 1.29 is 8.78 Å². The summed E-state index contributed by atoms with van der Waals surface area (Å²) in [5, 5.41) is 0.394. The monoisotopic (exact) mass is 313 g/mol. The summed E-state index contributed by atoms with van der Waals surface area (Å²) in [4.78, 5) is 3.98. The lowest BCUT2D eigenvalue weighted by Crippen LogP contribution is -1.99. The number of hydrogen-bond donors (Lipinski definition) is 0. The van der Waals surface area contributed by atoms with Gasteiger partial charge in [-0.2, -0.15) is 0 Å². The first-order valence-corrected chi connectivity index (χ1v) is 5.47. The highest BCUT2D eigenvalue weighted by atomic mass is 79.9. The second kappa shape index (κ2) is 4.46. The lowest BCUT2D eigenvalue weighted by molar-refractivity contribution is 0.149. The molecule has 0 bridgehead atoms. The maximum atomic E-state index is 12.6. The van der Waals surface area contributed by atoms with Crippen LogP contribution in [0.4, 0.5) is 8.78 Å². The highest BCUT2D eigenvalue weighted by Crippen LogP contribution is 2.32. The molecule has 0 aliphatic carbocycles. The van der Waals surface area contributed by atoms with E-state index in [-0.39, 0.29) is 5.56 Å². The molecule has 0 atom stereocenters. The van der Waals surface area contributed by atoms with E-state index in [4.69, 9.17) is 0 Å². The summed E-state index contributed by atoms with van der Waals surface area (Å²) in [7, 11) is 0. The molecule has 0 saturated heterocycles. The van der Waals surface area contributed by atoms with Crippen LogP contribution in [0.25, 0.3) is 0 Å². The Balaban J connectivity index is 3.35. The van der Waals surface area contributed by atoms with Crippen LogP contribution in [0.3, 0.4) is 0 Å². The summed E-state index contributed by atoms with van der Waals surface area (Å²) >= 11 is 6.23. The van der Waals surface area contributed by atoms with E-state index in [1.165, 1.54) is 6.20 Å². The Morgan fingerprint density at radius 1 is 1.54 bits per heavy atom. The zero-order valence-electron chi connectivity index (χ0n) is 6.82. The van der Waals surface area contributed by atoms with Crippen LogP contribution in [0.15, 0.2) is 10.7 Å². The quantitative estimate of drug-likeness (QED) is 0.752. The third kappa shape index (κ3) is 2.26. The van der Waals surface area contributed by atoms with Crippen molar-refractivity contribution in [1.29, 1.82) is 0 Å². The van der Waals surface area contributed by atoms with Gasteiger partial charge in [-0.1, -0.05) is 15.9 Å². The Morgan fingerprint density at radius 3 is 2.54 bits per heavy atom. The number of aromatic nitrogens is 1. The van der Waals surface area contributed by atoms with Gasteiger partial charge in [0.2, 0.25) is 0 Å². The smallest absolute Gasteiger partial charge is 0.260 e. The molecule has 1 aromatic heterocycles. The van der Waals surface area contributed by atoms with Crippen LogP contribution in [-0.4, -0.2) is 4.98 Å². The van der Waals surface area contributed by atoms with Gasteiger partial charge in [-0.25, -0.2) is 8.78 Å². The molecule has 0 aliphatic rings. The third-order valence-corrected chi connectivity index (χ3v) is 2.94. The fraction of sp³-hybridized carbons (Fsp3) is 0.375. The van der Waals surface area contributed by atoms with Crippen LogP contribution in [0.5, 0.6) is 0 Å². The van der Waals surface area contributed by atoms with Gasteiger partial charge in [0.1, 0.15) is 0 Å². The summed E-state index contributed by atoms with van der Waals surface area (Å²) in [5.41, 5.74) is 1.23. The van der Waals surface area contributed by atoms with Crippen molar-refractivity contribution in [2.75, 3.05) is 0 Å². The highest BCUT2D eigenvalue weighted by molar-refractivity contribution is 9.10. The van der Waals surface area contributed by atoms with Crippen LogP contribution in [0.2, 0.25) is 0 Å². The lowest BCUT2D eigenvalue weighted by Gasteiger charge is -2.10. The Bertz CT molecular complexity index is 315. The van der Waals surface area contributed by atoms with Crippen LogP contribution in [0.1, 0.15) is 23.2 Å². The van der Waals surface area contributed by atoms with Gasteiger partial charge < -0.3 is 0 Å². The van der Waals surface area contributed by atoms with Crippen molar-refractivity contribution >= 4 is 31.9 Å². The van der Waals surface area contributed by atoms with Crippen LogP contribution in [0, 0.1) is 6.92 Å². The van der Waals surface area contributed by atoms with Crippen molar-refractivity contribution in [3.8, 4) is 0 Å². The van der Waals surface area contributed by atoms with E-state index in [1.807, 2.05) is 0 Å².